The minimum absolute atomic E-state index is 0.102. The van der Waals surface area contributed by atoms with Crippen LogP contribution in [0.25, 0.3) is 0 Å². The zero-order chi connectivity index (χ0) is 19.8. The number of rotatable bonds is 7. The van der Waals surface area contributed by atoms with E-state index in [4.69, 9.17) is 4.74 Å². The lowest BCUT2D eigenvalue weighted by molar-refractivity contribution is -0.139. The highest BCUT2D eigenvalue weighted by Crippen LogP contribution is 2.23. The standard InChI is InChI=1S/C19H31N5O3S/c1-22-5-7-24(8-6-22)17(16-2-13-28-15-16)14-21-19(26)18(25)20-3-4-23-9-11-27-12-10-23/h2,13,15,17H,3-12,14H2,1H3,(H,20,25)(H,21,26)/t17-/m1/s1. The van der Waals surface area contributed by atoms with Crippen LogP contribution in [-0.4, -0.2) is 106 Å². The zero-order valence-corrected chi connectivity index (χ0v) is 17.4. The van der Waals surface area contributed by atoms with Crippen LogP contribution in [0, 0.1) is 0 Å². The van der Waals surface area contributed by atoms with Crippen molar-refractivity contribution in [3.63, 3.8) is 0 Å². The molecule has 0 radical (unpaired) electrons. The molecule has 8 nitrogen and oxygen atoms in total. The summed E-state index contributed by atoms with van der Waals surface area (Å²) in [7, 11) is 2.12. The van der Waals surface area contributed by atoms with Crippen molar-refractivity contribution in [2.24, 2.45) is 0 Å². The lowest BCUT2D eigenvalue weighted by atomic mass is 10.1. The number of nitrogens with one attached hydrogen (secondary N) is 2. The van der Waals surface area contributed by atoms with Crippen LogP contribution in [0.2, 0.25) is 0 Å². The van der Waals surface area contributed by atoms with Crippen LogP contribution >= 0.6 is 11.3 Å². The number of nitrogens with zero attached hydrogens (tertiary/aromatic N) is 3. The summed E-state index contributed by atoms with van der Waals surface area (Å²) in [4.78, 5) is 31.3. The van der Waals surface area contributed by atoms with Gasteiger partial charge in [-0.25, -0.2) is 0 Å². The van der Waals surface area contributed by atoms with Gasteiger partial charge in [0.05, 0.1) is 19.3 Å². The number of amides is 2. The van der Waals surface area contributed by atoms with Gasteiger partial charge in [-0.05, 0) is 29.4 Å². The number of carbonyl (C=O) groups excluding carboxylic acids is 2. The molecular weight excluding hydrogens is 378 g/mol. The molecule has 2 aliphatic heterocycles. The highest BCUT2D eigenvalue weighted by atomic mass is 32.1. The summed E-state index contributed by atoms with van der Waals surface area (Å²) in [5.41, 5.74) is 1.20. The molecule has 1 aromatic rings. The lowest BCUT2D eigenvalue weighted by Crippen LogP contribution is -2.50. The molecule has 2 N–H and O–H groups in total. The minimum atomic E-state index is -0.560. The summed E-state index contributed by atoms with van der Waals surface area (Å²) in [6.07, 6.45) is 0. The van der Waals surface area contributed by atoms with Crippen molar-refractivity contribution < 1.29 is 14.3 Å². The molecule has 0 spiro atoms. The molecule has 3 rings (SSSR count). The van der Waals surface area contributed by atoms with E-state index in [1.54, 1.807) is 11.3 Å². The Morgan fingerprint density at radius 2 is 1.82 bits per heavy atom. The summed E-state index contributed by atoms with van der Waals surface area (Å²) in [5.74, 6) is -1.12. The molecule has 0 aliphatic carbocycles. The first-order chi connectivity index (χ1) is 13.6. The number of hydrogen-bond acceptors (Lipinski definition) is 7. The van der Waals surface area contributed by atoms with Crippen LogP contribution in [0.15, 0.2) is 16.8 Å². The Balaban J connectivity index is 1.44. The van der Waals surface area contributed by atoms with Crippen LogP contribution in [0.1, 0.15) is 11.6 Å². The summed E-state index contributed by atoms with van der Waals surface area (Å²) in [6.45, 7) is 8.78. The number of hydrogen-bond donors (Lipinski definition) is 2. The maximum atomic E-state index is 12.3. The summed E-state index contributed by atoms with van der Waals surface area (Å²) in [6, 6.07) is 2.20. The van der Waals surface area contributed by atoms with E-state index in [0.717, 1.165) is 59.0 Å². The Morgan fingerprint density at radius 3 is 2.50 bits per heavy atom. The fraction of sp³-hybridized carbons (Fsp3) is 0.684. The predicted octanol–water partition coefficient (Wildman–Crippen LogP) is -0.399. The normalized spacial score (nSPS) is 20.6. The SMILES string of the molecule is CN1CCN([C@H](CNC(=O)C(=O)NCCN2CCOCC2)c2ccsc2)CC1. The van der Waals surface area contributed by atoms with Crippen molar-refractivity contribution in [1.82, 2.24) is 25.3 Å². The Morgan fingerprint density at radius 1 is 1.11 bits per heavy atom. The van der Waals surface area contributed by atoms with Crippen LogP contribution < -0.4 is 10.6 Å². The molecular formula is C19H31N5O3S. The molecule has 1 aromatic heterocycles. The van der Waals surface area contributed by atoms with Crippen molar-refractivity contribution in [3.8, 4) is 0 Å². The van der Waals surface area contributed by atoms with Gasteiger partial charge in [0.2, 0.25) is 0 Å². The van der Waals surface area contributed by atoms with Gasteiger partial charge >= 0.3 is 11.8 Å². The van der Waals surface area contributed by atoms with Crippen LogP contribution in [0.3, 0.4) is 0 Å². The summed E-state index contributed by atoms with van der Waals surface area (Å²) >= 11 is 1.65. The van der Waals surface area contributed by atoms with Gasteiger partial charge in [-0.15, -0.1) is 0 Å². The third-order valence-electron chi connectivity index (χ3n) is 5.39. The second-order valence-corrected chi connectivity index (χ2v) is 8.11. The molecule has 2 saturated heterocycles. The first-order valence-corrected chi connectivity index (χ1v) is 10.9. The van der Waals surface area contributed by atoms with Gasteiger partial charge in [0.25, 0.3) is 0 Å². The molecule has 156 valence electrons. The molecule has 1 atom stereocenters. The highest BCUT2D eigenvalue weighted by molar-refractivity contribution is 7.07. The van der Waals surface area contributed by atoms with Crippen molar-refractivity contribution in [1.29, 1.82) is 0 Å². The molecule has 0 bridgehead atoms. The Bertz CT molecular complexity index is 613. The first-order valence-electron chi connectivity index (χ1n) is 9.94. The quantitative estimate of drug-likeness (QED) is 0.597. The Kier molecular flexibility index (Phi) is 8.23. The van der Waals surface area contributed by atoms with E-state index >= 15 is 0 Å². The molecule has 3 heterocycles. The van der Waals surface area contributed by atoms with Gasteiger partial charge < -0.3 is 20.3 Å². The van der Waals surface area contributed by atoms with E-state index in [2.05, 4.69) is 49.2 Å². The number of piperazine rings is 1. The number of carbonyl (C=O) groups is 2. The molecule has 9 heteroatoms. The fourth-order valence-corrected chi connectivity index (χ4v) is 4.27. The zero-order valence-electron chi connectivity index (χ0n) is 16.6. The average molecular weight is 410 g/mol. The molecule has 2 aliphatic rings. The third kappa shape index (κ3) is 6.25. The van der Waals surface area contributed by atoms with Gasteiger partial charge in [-0.3, -0.25) is 19.4 Å². The van der Waals surface area contributed by atoms with E-state index in [1.165, 1.54) is 5.56 Å². The average Bonchev–Trinajstić information content (AvgIpc) is 3.24. The van der Waals surface area contributed by atoms with E-state index in [0.29, 0.717) is 13.1 Å². The second kappa shape index (κ2) is 10.9. The lowest BCUT2D eigenvalue weighted by Gasteiger charge is -2.37. The maximum absolute atomic E-state index is 12.3. The van der Waals surface area contributed by atoms with Crippen molar-refractivity contribution in [2.75, 3.05) is 79.2 Å². The van der Waals surface area contributed by atoms with Crippen LogP contribution in [0.4, 0.5) is 0 Å². The molecule has 2 fully saturated rings. The van der Waals surface area contributed by atoms with E-state index in [9.17, 15) is 9.59 Å². The summed E-state index contributed by atoms with van der Waals surface area (Å²) in [5, 5.41) is 9.73. The highest BCUT2D eigenvalue weighted by Gasteiger charge is 2.25. The maximum Gasteiger partial charge on any atom is 0.309 e. The Hall–Kier alpha value is -1.52. The molecule has 0 unspecified atom stereocenters. The Labute approximate surface area is 170 Å². The number of thiophene rings is 1. The molecule has 0 saturated carbocycles. The number of morpholine rings is 1. The van der Waals surface area contributed by atoms with Gasteiger partial charge in [0.1, 0.15) is 0 Å². The smallest absolute Gasteiger partial charge is 0.309 e. The van der Waals surface area contributed by atoms with Gasteiger partial charge in [-0.1, -0.05) is 0 Å². The third-order valence-corrected chi connectivity index (χ3v) is 6.09. The van der Waals surface area contributed by atoms with E-state index in [1.807, 2.05) is 0 Å². The van der Waals surface area contributed by atoms with E-state index in [-0.39, 0.29) is 6.04 Å². The van der Waals surface area contributed by atoms with Crippen molar-refractivity contribution >= 4 is 23.2 Å². The van der Waals surface area contributed by atoms with Crippen molar-refractivity contribution in [3.05, 3.63) is 22.4 Å². The van der Waals surface area contributed by atoms with Crippen molar-refractivity contribution in [2.45, 2.75) is 6.04 Å². The van der Waals surface area contributed by atoms with Gasteiger partial charge in [-0.2, -0.15) is 11.3 Å². The van der Waals surface area contributed by atoms with Gasteiger partial charge in [0.15, 0.2) is 0 Å². The number of ether oxygens (including phenoxy) is 1. The topological polar surface area (TPSA) is 77.1 Å². The minimum Gasteiger partial charge on any atom is -0.379 e. The van der Waals surface area contributed by atoms with E-state index < -0.39 is 11.8 Å². The molecule has 28 heavy (non-hydrogen) atoms. The fourth-order valence-electron chi connectivity index (χ4n) is 3.56. The molecule has 0 aromatic carbocycles. The van der Waals surface area contributed by atoms with Crippen LogP contribution in [-0.2, 0) is 14.3 Å². The van der Waals surface area contributed by atoms with Crippen LogP contribution in [0.5, 0.6) is 0 Å². The second-order valence-electron chi connectivity index (χ2n) is 7.33. The molecule has 2 amide bonds. The largest absolute Gasteiger partial charge is 0.379 e. The summed E-state index contributed by atoms with van der Waals surface area (Å²) < 4.78 is 5.31. The predicted molar refractivity (Wildman–Crippen MR) is 109 cm³/mol. The monoisotopic (exact) mass is 409 g/mol. The first kappa shape index (κ1) is 21.2. The van der Waals surface area contributed by atoms with Gasteiger partial charge in [0, 0.05) is 58.9 Å². The number of likely N-dealkylation sites (N-methyl/N-ethyl adjacent to an activating group) is 1.